The van der Waals surface area contributed by atoms with Crippen molar-refractivity contribution in [2.45, 2.75) is 6.04 Å². The van der Waals surface area contributed by atoms with E-state index in [1.807, 2.05) is 44.4 Å². The third-order valence-electron chi connectivity index (χ3n) is 4.63. The summed E-state index contributed by atoms with van der Waals surface area (Å²) in [7, 11) is 4.06. The average molecular weight is 376 g/mol. The van der Waals surface area contributed by atoms with Crippen molar-refractivity contribution in [3.05, 3.63) is 78.5 Å². The highest BCUT2D eigenvalue weighted by atomic mass is 19.1. The Morgan fingerprint density at radius 3 is 2.61 bits per heavy atom. The third kappa shape index (κ3) is 3.70. The summed E-state index contributed by atoms with van der Waals surface area (Å²) < 4.78 is 15.0. The summed E-state index contributed by atoms with van der Waals surface area (Å²) in [5, 5.41) is 7.85. The van der Waals surface area contributed by atoms with E-state index in [1.165, 1.54) is 12.1 Å². The van der Waals surface area contributed by atoms with Crippen LogP contribution in [-0.2, 0) is 0 Å². The molecule has 1 atom stereocenters. The number of nitrogens with one attached hydrogen (secondary N) is 1. The number of anilines is 1. The maximum atomic E-state index is 13.3. The molecule has 0 amide bonds. The third-order valence-corrected chi connectivity index (χ3v) is 4.63. The number of halogens is 1. The fraction of sp³-hybridized carbons (Fsp3) is 0.190. The number of hydrogen-bond donors (Lipinski definition) is 1. The van der Waals surface area contributed by atoms with E-state index < -0.39 is 0 Å². The number of likely N-dealkylation sites (N-methyl/N-ethyl adjacent to an activating group) is 1. The minimum Gasteiger partial charge on any atom is -0.368 e. The van der Waals surface area contributed by atoms with Crippen molar-refractivity contribution < 1.29 is 4.39 Å². The molecule has 0 aliphatic carbocycles. The number of hydrogen-bond acceptors (Lipinski definition) is 5. The van der Waals surface area contributed by atoms with E-state index in [1.54, 1.807) is 29.0 Å². The van der Waals surface area contributed by atoms with Gasteiger partial charge in [0.05, 0.1) is 23.6 Å². The molecular weight excluding hydrogens is 355 g/mol. The first-order valence-electron chi connectivity index (χ1n) is 9.04. The molecule has 0 fully saturated rings. The highest BCUT2D eigenvalue weighted by Crippen LogP contribution is 2.24. The zero-order valence-electron chi connectivity index (χ0n) is 15.7. The first-order chi connectivity index (χ1) is 13.6. The van der Waals surface area contributed by atoms with Crippen LogP contribution in [0.3, 0.4) is 0 Å². The van der Waals surface area contributed by atoms with Crippen LogP contribution in [0.5, 0.6) is 0 Å². The Morgan fingerprint density at radius 1 is 1.07 bits per heavy atom. The summed E-state index contributed by atoms with van der Waals surface area (Å²) >= 11 is 0. The van der Waals surface area contributed by atoms with Gasteiger partial charge in [0.1, 0.15) is 11.6 Å². The van der Waals surface area contributed by atoms with E-state index in [4.69, 9.17) is 0 Å². The first kappa shape index (κ1) is 18.1. The Balaban J connectivity index is 1.66. The molecule has 7 heteroatoms. The zero-order chi connectivity index (χ0) is 19.5. The Bertz CT molecular complexity index is 1060. The van der Waals surface area contributed by atoms with E-state index in [2.05, 4.69) is 25.3 Å². The van der Waals surface area contributed by atoms with Crippen molar-refractivity contribution in [1.29, 1.82) is 0 Å². The van der Waals surface area contributed by atoms with Gasteiger partial charge in [0.25, 0.3) is 0 Å². The maximum Gasteiger partial charge on any atom is 0.157 e. The molecule has 28 heavy (non-hydrogen) atoms. The zero-order valence-corrected chi connectivity index (χ0v) is 15.7. The monoisotopic (exact) mass is 376 g/mol. The molecule has 0 radical (unpaired) electrons. The van der Waals surface area contributed by atoms with Crippen LogP contribution in [0, 0.1) is 5.82 Å². The quantitative estimate of drug-likeness (QED) is 0.557. The largest absolute Gasteiger partial charge is 0.368 e. The van der Waals surface area contributed by atoms with Crippen molar-refractivity contribution in [3.8, 4) is 11.3 Å². The SMILES string of the molecule is CN(C)C(CNc1cc(-c2ccc(F)cc2)nc2ccnn12)c1ccccn1. The molecule has 0 saturated heterocycles. The van der Waals surface area contributed by atoms with Crippen molar-refractivity contribution in [2.24, 2.45) is 0 Å². The summed E-state index contributed by atoms with van der Waals surface area (Å²) in [5.74, 6) is 0.550. The summed E-state index contributed by atoms with van der Waals surface area (Å²) in [6.07, 6.45) is 3.51. The number of aromatic nitrogens is 4. The van der Waals surface area contributed by atoms with E-state index in [0.29, 0.717) is 6.54 Å². The molecule has 0 aliphatic rings. The molecule has 4 aromatic rings. The smallest absolute Gasteiger partial charge is 0.157 e. The van der Waals surface area contributed by atoms with Gasteiger partial charge in [-0.1, -0.05) is 6.07 Å². The Kier molecular flexibility index (Phi) is 4.99. The summed E-state index contributed by atoms with van der Waals surface area (Å²) in [5.41, 5.74) is 3.32. The van der Waals surface area contributed by atoms with Gasteiger partial charge in [-0.15, -0.1) is 0 Å². The maximum absolute atomic E-state index is 13.3. The lowest BCUT2D eigenvalue weighted by Crippen LogP contribution is -2.28. The predicted molar refractivity (Wildman–Crippen MR) is 108 cm³/mol. The van der Waals surface area contributed by atoms with Crippen LogP contribution in [0.15, 0.2) is 67.0 Å². The van der Waals surface area contributed by atoms with Gasteiger partial charge in [0, 0.05) is 30.4 Å². The molecule has 0 saturated carbocycles. The molecule has 0 bridgehead atoms. The second-order valence-electron chi connectivity index (χ2n) is 6.75. The molecule has 0 aliphatic heterocycles. The molecular formula is C21H21FN6. The average Bonchev–Trinajstić information content (AvgIpc) is 3.18. The lowest BCUT2D eigenvalue weighted by atomic mass is 10.1. The molecule has 1 N–H and O–H groups in total. The summed E-state index contributed by atoms with van der Waals surface area (Å²) in [4.78, 5) is 11.2. The van der Waals surface area contributed by atoms with Crippen LogP contribution in [0.25, 0.3) is 16.9 Å². The van der Waals surface area contributed by atoms with Gasteiger partial charge >= 0.3 is 0 Å². The highest BCUT2D eigenvalue weighted by Gasteiger charge is 2.16. The number of fused-ring (bicyclic) bond motifs is 1. The van der Waals surface area contributed by atoms with Gasteiger partial charge in [0.15, 0.2) is 5.65 Å². The van der Waals surface area contributed by atoms with Crippen LogP contribution in [0.1, 0.15) is 11.7 Å². The number of nitrogens with zero attached hydrogens (tertiary/aromatic N) is 5. The number of pyridine rings is 1. The standard InChI is InChI=1S/C21H21FN6/c1-27(2)19(17-5-3-4-11-23-17)14-24-21-13-18(15-6-8-16(22)9-7-15)26-20-10-12-25-28(20)21/h3-13,19,24H,14H2,1-2H3. The highest BCUT2D eigenvalue weighted by molar-refractivity contribution is 5.66. The van der Waals surface area contributed by atoms with Gasteiger partial charge in [-0.25, -0.2) is 9.37 Å². The molecule has 3 aromatic heterocycles. The summed E-state index contributed by atoms with van der Waals surface area (Å²) in [6.45, 7) is 0.645. The van der Waals surface area contributed by atoms with Crippen LogP contribution >= 0.6 is 0 Å². The van der Waals surface area contributed by atoms with Gasteiger partial charge in [-0.05, 0) is 50.5 Å². The molecule has 3 heterocycles. The summed E-state index contributed by atoms with van der Waals surface area (Å²) in [6, 6.07) is 16.1. The lowest BCUT2D eigenvalue weighted by Gasteiger charge is -2.24. The minimum absolute atomic E-state index is 0.0919. The van der Waals surface area contributed by atoms with Crippen molar-refractivity contribution in [1.82, 2.24) is 24.5 Å². The van der Waals surface area contributed by atoms with Gasteiger partial charge in [-0.2, -0.15) is 9.61 Å². The van der Waals surface area contributed by atoms with Crippen LogP contribution in [0.4, 0.5) is 10.2 Å². The molecule has 1 unspecified atom stereocenters. The van der Waals surface area contributed by atoms with Gasteiger partial charge in [-0.3, -0.25) is 9.88 Å². The van der Waals surface area contributed by atoms with Crippen LogP contribution < -0.4 is 5.32 Å². The van der Waals surface area contributed by atoms with Crippen LogP contribution in [-0.4, -0.2) is 45.1 Å². The van der Waals surface area contributed by atoms with E-state index in [0.717, 1.165) is 28.4 Å². The number of benzene rings is 1. The van der Waals surface area contributed by atoms with E-state index in [-0.39, 0.29) is 11.9 Å². The fourth-order valence-electron chi connectivity index (χ4n) is 3.13. The van der Waals surface area contributed by atoms with Crippen LogP contribution in [0.2, 0.25) is 0 Å². The first-order valence-corrected chi connectivity index (χ1v) is 9.04. The fourth-order valence-corrected chi connectivity index (χ4v) is 3.13. The molecule has 4 rings (SSSR count). The Labute approximate surface area is 162 Å². The van der Waals surface area contributed by atoms with Crippen molar-refractivity contribution in [3.63, 3.8) is 0 Å². The van der Waals surface area contributed by atoms with E-state index in [9.17, 15) is 4.39 Å². The van der Waals surface area contributed by atoms with E-state index >= 15 is 0 Å². The van der Waals surface area contributed by atoms with Crippen molar-refractivity contribution in [2.75, 3.05) is 26.0 Å². The normalized spacial score (nSPS) is 12.4. The Morgan fingerprint density at radius 2 is 1.89 bits per heavy atom. The molecule has 6 nitrogen and oxygen atoms in total. The molecule has 1 aromatic carbocycles. The lowest BCUT2D eigenvalue weighted by molar-refractivity contribution is 0.305. The second kappa shape index (κ2) is 7.74. The van der Waals surface area contributed by atoms with Gasteiger partial charge < -0.3 is 5.32 Å². The second-order valence-corrected chi connectivity index (χ2v) is 6.75. The predicted octanol–water partition coefficient (Wildman–Crippen LogP) is 3.65. The number of rotatable bonds is 6. The van der Waals surface area contributed by atoms with Crippen molar-refractivity contribution >= 4 is 11.5 Å². The topological polar surface area (TPSA) is 58.3 Å². The molecule has 142 valence electrons. The molecule has 0 spiro atoms. The minimum atomic E-state index is -0.267. The van der Waals surface area contributed by atoms with Gasteiger partial charge in [0.2, 0.25) is 0 Å². The Hall–Kier alpha value is -3.32.